The van der Waals surface area contributed by atoms with Crippen molar-refractivity contribution in [1.29, 1.82) is 5.26 Å². The van der Waals surface area contributed by atoms with Crippen LogP contribution < -0.4 is 5.32 Å². The van der Waals surface area contributed by atoms with Crippen LogP contribution in [0, 0.1) is 11.3 Å². The number of carbonyl (C=O) groups excluding carboxylic acids is 1. The minimum atomic E-state index is -0.487. The third-order valence-electron chi connectivity index (χ3n) is 1.94. The molecule has 0 aromatic carbocycles. The van der Waals surface area contributed by atoms with Gasteiger partial charge < -0.3 is 4.74 Å². The highest BCUT2D eigenvalue weighted by atomic mass is 16.6. The summed E-state index contributed by atoms with van der Waals surface area (Å²) in [7, 11) is 0. The first-order valence-electron chi connectivity index (χ1n) is 6.03. The molecule has 100 valence electrons. The molecule has 0 aromatic rings. The van der Waals surface area contributed by atoms with Gasteiger partial charge in [0.05, 0.1) is 6.07 Å². The van der Waals surface area contributed by atoms with Gasteiger partial charge in [0.25, 0.3) is 0 Å². The Hall–Kier alpha value is -1.76. The molecule has 0 rings (SSSR count). The summed E-state index contributed by atoms with van der Waals surface area (Å²) in [6.07, 6.45) is 5.84. The van der Waals surface area contributed by atoms with Crippen LogP contribution in [-0.2, 0) is 4.74 Å². The zero-order valence-electron chi connectivity index (χ0n) is 11.5. The fraction of sp³-hybridized carbons (Fsp3) is 0.571. The van der Waals surface area contributed by atoms with Gasteiger partial charge in [-0.15, -0.1) is 0 Å². The minimum absolute atomic E-state index is 0.464. The monoisotopic (exact) mass is 250 g/mol. The van der Waals surface area contributed by atoms with E-state index in [9.17, 15) is 4.79 Å². The third kappa shape index (κ3) is 10.7. The molecule has 0 fully saturated rings. The predicted molar refractivity (Wildman–Crippen MR) is 71.7 cm³/mol. The number of hydrogen-bond donors (Lipinski definition) is 1. The minimum Gasteiger partial charge on any atom is -0.444 e. The van der Waals surface area contributed by atoms with Crippen LogP contribution in [0.3, 0.4) is 0 Å². The first kappa shape index (κ1) is 16.2. The number of unbranched alkanes of at least 4 members (excludes halogenated alkanes) is 1. The number of nitrogens with zero attached hydrogens (tertiary/aromatic N) is 1. The Balaban J connectivity index is 3.74. The van der Waals surface area contributed by atoms with E-state index in [4.69, 9.17) is 10.00 Å². The maximum atomic E-state index is 11.3. The second-order valence-corrected chi connectivity index (χ2v) is 5.01. The highest BCUT2D eigenvalue weighted by molar-refractivity contribution is 5.68. The molecule has 0 atom stereocenters. The van der Waals surface area contributed by atoms with Crippen LogP contribution in [0.15, 0.2) is 24.4 Å². The van der Waals surface area contributed by atoms with Crippen LogP contribution >= 0.6 is 0 Å². The summed E-state index contributed by atoms with van der Waals surface area (Å²) >= 11 is 0. The van der Waals surface area contributed by atoms with Crippen molar-refractivity contribution in [3.63, 3.8) is 0 Å². The summed E-state index contributed by atoms with van der Waals surface area (Å²) in [4.78, 5) is 11.3. The number of nitriles is 1. The molecule has 0 radical (unpaired) electrons. The van der Waals surface area contributed by atoms with Gasteiger partial charge in [0, 0.05) is 12.6 Å². The number of amides is 1. The summed E-state index contributed by atoms with van der Waals surface area (Å²) in [5.74, 6) is 0. The summed E-state index contributed by atoms with van der Waals surface area (Å²) in [6.45, 7) is 9.34. The standard InChI is InChI=1S/C14H22N2O2/c1-12(8-5-6-10-15)9-7-11-16-13(17)18-14(2,3)4/h7,11H,1,5-6,8-9H2,2-4H3,(H,16,17)/b11-7+. The van der Waals surface area contributed by atoms with E-state index in [1.807, 2.05) is 26.8 Å². The Morgan fingerprint density at radius 2 is 2.17 bits per heavy atom. The van der Waals surface area contributed by atoms with E-state index in [-0.39, 0.29) is 0 Å². The molecule has 0 saturated heterocycles. The van der Waals surface area contributed by atoms with Crippen molar-refractivity contribution < 1.29 is 9.53 Å². The number of alkyl carbamates (subject to hydrolysis) is 1. The number of carbonyl (C=O) groups is 1. The van der Waals surface area contributed by atoms with Gasteiger partial charge in [0.1, 0.15) is 5.60 Å². The van der Waals surface area contributed by atoms with Gasteiger partial charge in [-0.1, -0.05) is 18.2 Å². The molecule has 0 aliphatic heterocycles. The number of hydrogen-bond acceptors (Lipinski definition) is 3. The van der Waals surface area contributed by atoms with Crippen LogP contribution in [0.4, 0.5) is 4.79 Å². The molecular formula is C14H22N2O2. The summed E-state index contributed by atoms with van der Waals surface area (Å²) < 4.78 is 5.06. The van der Waals surface area contributed by atoms with Crippen molar-refractivity contribution in [3.8, 4) is 6.07 Å². The zero-order valence-corrected chi connectivity index (χ0v) is 11.5. The largest absolute Gasteiger partial charge is 0.444 e. The van der Waals surface area contributed by atoms with Crippen LogP contribution in [0.1, 0.15) is 46.5 Å². The van der Waals surface area contributed by atoms with Gasteiger partial charge in [-0.25, -0.2) is 4.79 Å². The Kier molecular flexibility index (Phi) is 7.53. The second kappa shape index (κ2) is 8.35. The SMILES string of the molecule is C=C(C/C=C/NC(=O)OC(C)(C)C)CCCC#N. The summed E-state index contributed by atoms with van der Waals surface area (Å²) in [5, 5.41) is 10.9. The molecule has 0 aliphatic carbocycles. The highest BCUT2D eigenvalue weighted by Gasteiger charge is 2.14. The molecule has 0 unspecified atom stereocenters. The lowest BCUT2D eigenvalue weighted by Crippen LogP contribution is -2.29. The fourth-order valence-corrected chi connectivity index (χ4v) is 1.18. The van der Waals surface area contributed by atoms with E-state index in [1.165, 1.54) is 0 Å². The fourth-order valence-electron chi connectivity index (χ4n) is 1.18. The molecule has 1 N–H and O–H groups in total. The lowest BCUT2D eigenvalue weighted by Gasteiger charge is -2.18. The van der Waals surface area contributed by atoms with Gasteiger partial charge in [0.2, 0.25) is 0 Å². The van der Waals surface area contributed by atoms with E-state index >= 15 is 0 Å². The van der Waals surface area contributed by atoms with Crippen molar-refractivity contribution in [2.24, 2.45) is 0 Å². The third-order valence-corrected chi connectivity index (χ3v) is 1.94. The predicted octanol–water partition coefficient (Wildman–Crippen LogP) is 3.66. The molecule has 0 heterocycles. The second-order valence-electron chi connectivity index (χ2n) is 5.01. The normalized spacial score (nSPS) is 11.0. The first-order chi connectivity index (χ1) is 8.35. The molecule has 18 heavy (non-hydrogen) atoms. The topological polar surface area (TPSA) is 62.1 Å². The lowest BCUT2D eigenvalue weighted by molar-refractivity contribution is 0.0552. The van der Waals surface area contributed by atoms with E-state index in [1.54, 1.807) is 6.20 Å². The number of ether oxygens (including phenoxy) is 1. The van der Waals surface area contributed by atoms with Crippen LogP contribution in [0.25, 0.3) is 0 Å². The van der Waals surface area contributed by atoms with E-state index in [0.717, 1.165) is 18.4 Å². The maximum absolute atomic E-state index is 11.3. The van der Waals surface area contributed by atoms with E-state index < -0.39 is 11.7 Å². The highest BCUT2D eigenvalue weighted by Crippen LogP contribution is 2.09. The number of nitrogens with one attached hydrogen (secondary N) is 1. The Labute approximate surface area is 109 Å². The number of allylic oxidation sites excluding steroid dienone is 2. The van der Waals surface area contributed by atoms with Crippen LogP contribution in [0.5, 0.6) is 0 Å². The summed E-state index contributed by atoms with van der Waals surface area (Å²) in [6, 6.07) is 2.09. The smallest absolute Gasteiger partial charge is 0.411 e. The van der Waals surface area contributed by atoms with Crippen molar-refractivity contribution in [2.75, 3.05) is 0 Å². The van der Waals surface area contributed by atoms with Crippen LogP contribution in [-0.4, -0.2) is 11.7 Å². The van der Waals surface area contributed by atoms with Gasteiger partial charge in [-0.3, -0.25) is 5.32 Å². The zero-order chi connectivity index (χ0) is 14.0. The van der Waals surface area contributed by atoms with Gasteiger partial charge >= 0.3 is 6.09 Å². The molecule has 4 heteroatoms. The molecule has 0 spiro atoms. The van der Waals surface area contributed by atoms with E-state index in [0.29, 0.717) is 12.8 Å². The molecule has 0 aromatic heterocycles. The Morgan fingerprint density at radius 1 is 1.50 bits per heavy atom. The molecule has 0 saturated carbocycles. The van der Waals surface area contributed by atoms with Crippen molar-refractivity contribution >= 4 is 6.09 Å². The van der Waals surface area contributed by atoms with Gasteiger partial charge in [-0.05, 0) is 40.0 Å². The molecule has 1 amide bonds. The lowest BCUT2D eigenvalue weighted by atomic mass is 10.1. The van der Waals surface area contributed by atoms with Gasteiger partial charge in [-0.2, -0.15) is 5.26 Å². The van der Waals surface area contributed by atoms with Gasteiger partial charge in [0.15, 0.2) is 0 Å². The maximum Gasteiger partial charge on any atom is 0.411 e. The molecule has 4 nitrogen and oxygen atoms in total. The van der Waals surface area contributed by atoms with Crippen LogP contribution in [0.2, 0.25) is 0 Å². The Bertz CT molecular complexity index is 346. The summed E-state index contributed by atoms with van der Waals surface area (Å²) in [5.41, 5.74) is 0.561. The number of rotatable bonds is 6. The molecule has 0 bridgehead atoms. The molecular weight excluding hydrogens is 228 g/mol. The molecule has 0 aliphatic rings. The quantitative estimate of drug-likeness (QED) is 0.578. The first-order valence-corrected chi connectivity index (χ1v) is 6.03. The van der Waals surface area contributed by atoms with E-state index in [2.05, 4.69) is 18.0 Å². The van der Waals surface area contributed by atoms with Crippen molar-refractivity contribution in [1.82, 2.24) is 5.32 Å². The Morgan fingerprint density at radius 3 is 2.72 bits per heavy atom. The van der Waals surface area contributed by atoms with Crippen molar-refractivity contribution in [3.05, 3.63) is 24.4 Å². The van der Waals surface area contributed by atoms with Crippen molar-refractivity contribution in [2.45, 2.75) is 52.1 Å². The average Bonchev–Trinajstić information content (AvgIpc) is 2.22. The average molecular weight is 250 g/mol.